The van der Waals surface area contributed by atoms with E-state index in [0.29, 0.717) is 12.5 Å². The summed E-state index contributed by atoms with van der Waals surface area (Å²) in [6.07, 6.45) is 2.74. The van der Waals surface area contributed by atoms with Gasteiger partial charge in [-0.1, -0.05) is 27.2 Å². The lowest BCUT2D eigenvalue weighted by atomic mass is 10.0. The van der Waals surface area contributed by atoms with Crippen LogP contribution in [0.5, 0.6) is 0 Å². The van der Waals surface area contributed by atoms with E-state index in [2.05, 4.69) is 26.1 Å². The minimum absolute atomic E-state index is 0.0265. The lowest BCUT2D eigenvalue weighted by Gasteiger charge is -2.33. The van der Waals surface area contributed by atoms with Crippen molar-refractivity contribution in [2.24, 2.45) is 5.92 Å². The Labute approximate surface area is 97.4 Å². The number of nitrogens with zero attached hydrogens (tertiary/aromatic N) is 1. The first-order valence-electron chi connectivity index (χ1n) is 6.12. The summed E-state index contributed by atoms with van der Waals surface area (Å²) < 4.78 is 0. The molecule has 4 heteroatoms. The SMILES string of the molecule is CCCCN1CC(=O)NC(CC(C)C)C1=O. The van der Waals surface area contributed by atoms with Crippen molar-refractivity contribution in [1.29, 1.82) is 0 Å². The normalized spacial score (nSPS) is 21.5. The highest BCUT2D eigenvalue weighted by molar-refractivity contribution is 5.94. The van der Waals surface area contributed by atoms with Crippen LogP contribution in [-0.4, -0.2) is 35.8 Å². The number of amides is 2. The van der Waals surface area contributed by atoms with Gasteiger partial charge >= 0.3 is 0 Å². The summed E-state index contributed by atoms with van der Waals surface area (Å²) in [7, 11) is 0. The van der Waals surface area contributed by atoms with Crippen LogP contribution in [0, 0.1) is 5.92 Å². The van der Waals surface area contributed by atoms with E-state index in [4.69, 9.17) is 0 Å². The molecule has 1 N–H and O–H groups in total. The molecule has 4 nitrogen and oxygen atoms in total. The van der Waals surface area contributed by atoms with Gasteiger partial charge in [0, 0.05) is 6.54 Å². The average molecular weight is 226 g/mol. The molecule has 0 spiro atoms. The van der Waals surface area contributed by atoms with Crippen LogP contribution in [0.1, 0.15) is 40.0 Å². The van der Waals surface area contributed by atoms with Crippen molar-refractivity contribution in [2.45, 2.75) is 46.1 Å². The summed E-state index contributed by atoms with van der Waals surface area (Å²) >= 11 is 0. The van der Waals surface area contributed by atoms with Gasteiger partial charge in [0.25, 0.3) is 0 Å². The molecule has 1 rings (SSSR count). The van der Waals surface area contributed by atoms with Gasteiger partial charge in [-0.05, 0) is 18.8 Å². The van der Waals surface area contributed by atoms with Crippen molar-refractivity contribution in [3.8, 4) is 0 Å². The van der Waals surface area contributed by atoms with Gasteiger partial charge in [-0.3, -0.25) is 9.59 Å². The minimum Gasteiger partial charge on any atom is -0.343 e. The summed E-state index contributed by atoms with van der Waals surface area (Å²) in [5, 5.41) is 2.77. The number of carbonyl (C=O) groups excluding carboxylic acids is 2. The third kappa shape index (κ3) is 3.51. The summed E-state index contributed by atoms with van der Waals surface area (Å²) in [5.41, 5.74) is 0. The highest BCUT2D eigenvalue weighted by Crippen LogP contribution is 2.12. The molecule has 0 radical (unpaired) electrons. The lowest BCUT2D eigenvalue weighted by Crippen LogP contribution is -2.58. The maximum atomic E-state index is 12.0. The molecular weight excluding hydrogens is 204 g/mol. The van der Waals surface area contributed by atoms with Gasteiger partial charge in [-0.2, -0.15) is 0 Å². The molecule has 1 unspecified atom stereocenters. The Hall–Kier alpha value is -1.06. The van der Waals surface area contributed by atoms with Crippen molar-refractivity contribution in [1.82, 2.24) is 10.2 Å². The number of hydrogen-bond donors (Lipinski definition) is 1. The fourth-order valence-corrected chi connectivity index (χ4v) is 1.94. The van der Waals surface area contributed by atoms with Crippen molar-refractivity contribution in [2.75, 3.05) is 13.1 Å². The summed E-state index contributed by atoms with van der Waals surface area (Å²) in [6, 6.07) is -0.307. The zero-order chi connectivity index (χ0) is 12.1. The summed E-state index contributed by atoms with van der Waals surface area (Å²) in [5.74, 6) is 0.475. The third-order valence-corrected chi connectivity index (χ3v) is 2.77. The molecule has 16 heavy (non-hydrogen) atoms. The second-order valence-corrected chi connectivity index (χ2v) is 4.86. The first-order valence-corrected chi connectivity index (χ1v) is 6.12. The number of piperazine rings is 1. The minimum atomic E-state index is -0.307. The van der Waals surface area contributed by atoms with Crippen LogP contribution in [0.15, 0.2) is 0 Å². The zero-order valence-corrected chi connectivity index (χ0v) is 10.5. The van der Waals surface area contributed by atoms with Gasteiger partial charge in [-0.15, -0.1) is 0 Å². The van der Waals surface area contributed by atoms with Gasteiger partial charge in [-0.25, -0.2) is 0 Å². The Bertz CT molecular complexity index is 264. The van der Waals surface area contributed by atoms with Crippen LogP contribution in [0.4, 0.5) is 0 Å². The first kappa shape index (κ1) is 13.0. The van der Waals surface area contributed by atoms with Gasteiger partial charge in [0.2, 0.25) is 11.8 Å². The van der Waals surface area contributed by atoms with E-state index >= 15 is 0 Å². The molecule has 1 heterocycles. The Morgan fingerprint density at radius 2 is 2.12 bits per heavy atom. The largest absolute Gasteiger partial charge is 0.343 e. The lowest BCUT2D eigenvalue weighted by molar-refractivity contribution is -0.144. The highest BCUT2D eigenvalue weighted by Gasteiger charge is 2.32. The molecule has 2 amide bonds. The fourth-order valence-electron chi connectivity index (χ4n) is 1.94. The number of carbonyl (C=O) groups is 2. The van der Waals surface area contributed by atoms with E-state index in [1.807, 2.05) is 0 Å². The second-order valence-electron chi connectivity index (χ2n) is 4.86. The Balaban J connectivity index is 2.58. The molecule has 1 atom stereocenters. The Kier molecular flexibility index (Phi) is 4.77. The second kappa shape index (κ2) is 5.87. The maximum Gasteiger partial charge on any atom is 0.245 e. The van der Waals surface area contributed by atoms with Crippen molar-refractivity contribution in [3.63, 3.8) is 0 Å². The molecule has 0 aliphatic carbocycles. The number of rotatable bonds is 5. The molecular formula is C12H22N2O2. The van der Waals surface area contributed by atoms with Crippen LogP contribution in [0.25, 0.3) is 0 Å². The molecule has 0 aromatic carbocycles. The summed E-state index contributed by atoms with van der Waals surface area (Å²) in [4.78, 5) is 25.2. The third-order valence-electron chi connectivity index (χ3n) is 2.77. The van der Waals surface area contributed by atoms with Crippen molar-refractivity contribution in [3.05, 3.63) is 0 Å². The fraction of sp³-hybridized carbons (Fsp3) is 0.833. The van der Waals surface area contributed by atoms with E-state index < -0.39 is 0 Å². The van der Waals surface area contributed by atoms with E-state index in [1.54, 1.807) is 4.90 Å². The van der Waals surface area contributed by atoms with E-state index in [-0.39, 0.29) is 24.4 Å². The predicted octanol–water partition coefficient (Wildman–Crippen LogP) is 1.16. The van der Waals surface area contributed by atoms with Crippen LogP contribution >= 0.6 is 0 Å². The average Bonchev–Trinajstić information content (AvgIpc) is 2.20. The van der Waals surface area contributed by atoms with Crippen LogP contribution < -0.4 is 5.32 Å². The smallest absolute Gasteiger partial charge is 0.245 e. The maximum absolute atomic E-state index is 12.0. The van der Waals surface area contributed by atoms with Crippen LogP contribution in [0.2, 0.25) is 0 Å². The molecule has 1 fully saturated rings. The number of unbranched alkanes of at least 4 members (excludes halogenated alkanes) is 1. The topological polar surface area (TPSA) is 49.4 Å². The Morgan fingerprint density at radius 3 is 2.69 bits per heavy atom. The molecule has 1 saturated heterocycles. The van der Waals surface area contributed by atoms with Gasteiger partial charge in [0.1, 0.15) is 6.04 Å². The van der Waals surface area contributed by atoms with E-state index in [1.165, 1.54) is 0 Å². The van der Waals surface area contributed by atoms with Crippen LogP contribution in [0.3, 0.4) is 0 Å². The molecule has 1 aliphatic heterocycles. The summed E-state index contributed by atoms with van der Waals surface area (Å²) in [6.45, 7) is 7.14. The zero-order valence-electron chi connectivity index (χ0n) is 10.5. The van der Waals surface area contributed by atoms with Gasteiger partial charge in [0.15, 0.2) is 0 Å². The quantitative estimate of drug-likeness (QED) is 0.764. The molecule has 0 saturated carbocycles. The van der Waals surface area contributed by atoms with Crippen molar-refractivity contribution < 1.29 is 9.59 Å². The first-order chi connectivity index (χ1) is 7.54. The standard InChI is InChI=1S/C12H22N2O2/c1-4-5-6-14-8-11(15)13-10(12(14)16)7-9(2)3/h9-10H,4-8H2,1-3H3,(H,13,15). The monoisotopic (exact) mass is 226 g/mol. The Morgan fingerprint density at radius 1 is 1.44 bits per heavy atom. The molecule has 0 aromatic rings. The number of nitrogens with one attached hydrogen (secondary N) is 1. The van der Waals surface area contributed by atoms with Gasteiger partial charge < -0.3 is 10.2 Å². The van der Waals surface area contributed by atoms with Gasteiger partial charge in [0.05, 0.1) is 6.54 Å². The molecule has 0 aromatic heterocycles. The van der Waals surface area contributed by atoms with Crippen molar-refractivity contribution >= 4 is 11.8 Å². The number of hydrogen-bond acceptors (Lipinski definition) is 2. The molecule has 1 aliphatic rings. The molecule has 0 bridgehead atoms. The van der Waals surface area contributed by atoms with E-state index in [9.17, 15) is 9.59 Å². The van der Waals surface area contributed by atoms with E-state index in [0.717, 1.165) is 19.3 Å². The molecule has 92 valence electrons. The van der Waals surface area contributed by atoms with Crippen LogP contribution in [-0.2, 0) is 9.59 Å². The highest BCUT2D eigenvalue weighted by atomic mass is 16.2. The predicted molar refractivity (Wildman–Crippen MR) is 62.9 cm³/mol.